The van der Waals surface area contributed by atoms with E-state index in [-0.39, 0.29) is 24.7 Å². The molecule has 0 N–H and O–H groups in total. The SMILES string of the molecule is CCCCN1C(=O)CO[C@@H](c2ccccc2)[C@H]1c1ccc(Cl)cc1. The Morgan fingerprint density at radius 1 is 1.08 bits per heavy atom. The molecule has 0 aromatic heterocycles. The van der Waals surface area contributed by atoms with E-state index in [1.807, 2.05) is 47.4 Å². The van der Waals surface area contributed by atoms with Crippen LogP contribution in [0.25, 0.3) is 0 Å². The van der Waals surface area contributed by atoms with Crippen LogP contribution in [0.2, 0.25) is 5.02 Å². The first kappa shape index (κ1) is 17.0. The van der Waals surface area contributed by atoms with Gasteiger partial charge in [-0.1, -0.05) is 67.4 Å². The summed E-state index contributed by atoms with van der Waals surface area (Å²) in [6.45, 7) is 3.01. The molecule has 1 aliphatic heterocycles. The van der Waals surface area contributed by atoms with Gasteiger partial charge in [-0.3, -0.25) is 4.79 Å². The number of morpholine rings is 1. The van der Waals surface area contributed by atoms with Crippen molar-refractivity contribution in [2.45, 2.75) is 31.9 Å². The first-order valence-electron chi connectivity index (χ1n) is 8.42. The van der Waals surface area contributed by atoms with Crippen LogP contribution in [-0.2, 0) is 9.53 Å². The molecule has 1 aliphatic rings. The Morgan fingerprint density at radius 2 is 1.79 bits per heavy atom. The summed E-state index contributed by atoms with van der Waals surface area (Å²) in [6, 6.07) is 17.7. The number of unbranched alkanes of at least 4 members (excludes halogenated alkanes) is 1. The first-order chi connectivity index (χ1) is 11.7. The summed E-state index contributed by atoms with van der Waals surface area (Å²) in [7, 11) is 0. The van der Waals surface area contributed by atoms with E-state index in [4.69, 9.17) is 16.3 Å². The highest BCUT2D eigenvalue weighted by Crippen LogP contribution is 2.40. The van der Waals surface area contributed by atoms with Gasteiger partial charge in [-0.15, -0.1) is 0 Å². The lowest BCUT2D eigenvalue weighted by Gasteiger charge is -2.41. The van der Waals surface area contributed by atoms with Crippen molar-refractivity contribution in [2.24, 2.45) is 0 Å². The van der Waals surface area contributed by atoms with Gasteiger partial charge in [0.1, 0.15) is 12.7 Å². The van der Waals surface area contributed by atoms with Gasteiger partial charge in [0.25, 0.3) is 0 Å². The van der Waals surface area contributed by atoms with Crippen molar-refractivity contribution < 1.29 is 9.53 Å². The summed E-state index contributed by atoms with van der Waals surface area (Å²) in [4.78, 5) is 14.5. The molecule has 1 saturated heterocycles. The Labute approximate surface area is 148 Å². The highest BCUT2D eigenvalue weighted by Gasteiger charge is 2.38. The van der Waals surface area contributed by atoms with Crippen LogP contribution < -0.4 is 0 Å². The zero-order valence-corrected chi connectivity index (χ0v) is 14.6. The van der Waals surface area contributed by atoms with E-state index in [9.17, 15) is 4.79 Å². The fraction of sp³-hybridized carbons (Fsp3) is 0.350. The molecule has 0 saturated carbocycles. The molecule has 0 spiro atoms. The largest absolute Gasteiger partial charge is 0.361 e. The van der Waals surface area contributed by atoms with Gasteiger partial charge >= 0.3 is 0 Å². The quantitative estimate of drug-likeness (QED) is 0.781. The molecule has 0 bridgehead atoms. The summed E-state index contributed by atoms with van der Waals surface area (Å²) >= 11 is 6.04. The molecule has 3 rings (SSSR count). The number of ether oxygens (including phenoxy) is 1. The first-order valence-corrected chi connectivity index (χ1v) is 8.80. The topological polar surface area (TPSA) is 29.5 Å². The second-order valence-corrected chi connectivity index (χ2v) is 6.52. The van der Waals surface area contributed by atoms with Crippen LogP contribution in [-0.4, -0.2) is 24.0 Å². The number of carbonyl (C=O) groups excluding carboxylic acids is 1. The minimum absolute atomic E-state index is 0.0515. The summed E-state index contributed by atoms with van der Waals surface area (Å²) in [5.41, 5.74) is 2.14. The van der Waals surface area contributed by atoms with Crippen LogP contribution in [0.1, 0.15) is 43.0 Å². The molecular formula is C20H22ClNO2. The second kappa shape index (κ2) is 7.82. The molecule has 4 heteroatoms. The average molecular weight is 344 g/mol. The zero-order valence-electron chi connectivity index (χ0n) is 13.8. The Kier molecular flexibility index (Phi) is 5.54. The Morgan fingerprint density at radius 3 is 2.46 bits per heavy atom. The van der Waals surface area contributed by atoms with E-state index in [0.717, 1.165) is 30.5 Å². The molecule has 126 valence electrons. The molecule has 0 radical (unpaired) electrons. The van der Waals surface area contributed by atoms with E-state index in [1.54, 1.807) is 0 Å². The number of rotatable bonds is 5. The maximum Gasteiger partial charge on any atom is 0.249 e. The van der Waals surface area contributed by atoms with E-state index < -0.39 is 0 Å². The van der Waals surface area contributed by atoms with Gasteiger partial charge < -0.3 is 9.64 Å². The van der Waals surface area contributed by atoms with Crippen LogP contribution >= 0.6 is 11.6 Å². The molecule has 2 aromatic carbocycles. The third-order valence-electron chi connectivity index (χ3n) is 4.42. The van der Waals surface area contributed by atoms with Gasteiger partial charge in [0.05, 0.1) is 6.04 Å². The number of benzene rings is 2. The summed E-state index contributed by atoms with van der Waals surface area (Å²) < 4.78 is 5.96. The van der Waals surface area contributed by atoms with Gasteiger partial charge in [-0.05, 0) is 29.7 Å². The minimum atomic E-state index is -0.165. The molecule has 1 heterocycles. The minimum Gasteiger partial charge on any atom is -0.361 e. The molecule has 24 heavy (non-hydrogen) atoms. The van der Waals surface area contributed by atoms with Crippen LogP contribution in [0.15, 0.2) is 54.6 Å². The van der Waals surface area contributed by atoms with E-state index in [2.05, 4.69) is 19.1 Å². The molecule has 0 unspecified atom stereocenters. The number of carbonyl (C=O) groups is 1. The van der Waals surface area contributed by atoms with Crippen molar-refractivity contribution in [1.82, 2.24) is 4.90 Å². The van der Waals surface area contributed by atoms with Crippen LogP contribution in [0.5, 0.6) is 0 Å². The summed E-state index contributed by atoms with van der Waals surface area (Å²) in [6.07, 6.45) is 1.87. The van der Waals surface area contributed by atoms with Crippen molar-refractivity contribution in [2.75, 3.05) is 13.2 Å². The van der Waals surface area contributed by atoms with E-state index >= 15 is 0 Å². The molecule has 2 atom stereocenters. The lowest BCUT2D eigenvalue weighted by atomic mass is 9.92. The fourth-order valence-corrected chi connectivity index (χ4v) is 3.31. The van der Waals surface area contributed by atoms with E-state index in [1.165, 1.54) is 0 Å². The van der Waals surface area contributed by atoms with Gasteiger partial charge in [0, 0.05) is 11.6 Å². The monoisotopic (exact) mass is 343 g/mol. The Hall–Kier alpha value is -1.84. The normalized spacial score (nSPS) is 21.1. The zero-order chi connectivity index (χ0) is 16.9. The maximum atomic E-state index is 12.5. The number of nitrogens with zero attached hydrogens (tertiary/aromatic N) is 1. The van der Waals surface area contributed by atoms with Crippen LogP contribution in [0.4, 0.5) is 0 Å². The Bertz CT molecular complexity index is 672. The molecular weight excluding hydrogens is 322 g/mol. The molecule has 0 aliphatic carbocycles. The third-order valence-corrected chi connectivity index (χ3v) is 4.67. The average Bonchev–Trinajstić information content (AvgIpc) is 2.62. The number of halogens is 1. The Balaban J connectivity index is 2.00. The van der Waals surface area contributed by atoms with Crippen molar-refractivity contribution in [3.05, 3.63) is 70.7 Å². The highest BCUT2D eigenvalue weighted by molar-refractivity contribution is 6.30. The fourth-order valence-electron chi connectivity index (χ4n) is 3.18. The molecule has 1 amide bonds. The van der Waals surface area contributed by atoms with Gasteiger partial charge in [0.15, 0.2) is 0 Å². The lowest BCUT2D eigenvalue weighted by molar-refractivity contribution is -0.158. The van der Waals surface area contributed by atoms with Gasteiger partial charge in [-0.25, -0.2) is 0 Å². The predicted octanol–water partition coefficient (Wildman–Crippen LogP) is 4.78. The van der Waals surface area contributed by atoms with Crippen molar-refractivity contribution in [3.63, 3.8) is 0 Å². The molecule has 3 nitrogen and oxygen atoms in total. The highest BCUT2D eigenvalue weighted by atomic mass is 35.5. The van der Waals surface area contributed by atoms with Crippen molar-refractivity contribution in [3.8, 4) is 0 Å². The van der Waals surface area contributed by atoms with Crippen molar-refractivity contribution in [1.29, 1.82) is 0 Å². The smallest absolute Gasteiger partial charge is 0.249 e. The number of hydrogen-bond donors (Lipinski definition) is 0. The van der Waals surface area contributed by atoms with Gasteiger partial charge in [-0.2, -0.15) is 0 Å². The van der Waals surface area contributed by atoms with Gasteiger partial charge in [0.2, 0.25) is 5.91 Å². The van der Waals surface area contributed by atoms with Crippen LogP contribution in [0, 0.1) is 0 Å². The van der Waals surface area contributed by atoms with Crippen LogP contribution in [0.3, 0.4) is 0 Å². The standard InChI is InChI=1S/C20H22ClNO2/c1-2-3-13-22-18(23)14-24-20(16-7-5-4-6-8-16)19(22)15-9-11-17(21)12-10-15/h4-12,19-20H,2-3,13-14H2,1H3/t19-,20+/m1/s1. The predicted molar refractivity (Wildman–Crippen MR) is 95.9 cm³/mol. The molecule has 1 fully saturated rings. The van der Waals surface area contributed by atoms with Crippen molar-refractivity contribution >= 4 is 17.5 Å². The van der Waals surface area contributed by atoms with E-state index in [0.29, 0.717) is 5.02 Å². The summed E-state index contributed by atoms with van der Waals surface area (Å²) in [5.74, 6) is 0.0515. The number of amides is 1. The number of hydrogen-bond acceptors (Lipinski definition) is 2. The third kappa shape index (κ3) is 3.63. The summed E-state index contributed by atoms with van der Waals surface area (Å²) in [5, 5.41) is 0.693. The molecule has 2 aromatic rings. The lowest BCUT2D eigenvalue weighted by Crippen LogP contribution is -2.46. The maximum absolute atomic E-state index is 12.5. The second-order valence-electron chi connectivity index (χ2n) is 6.08.